The second-order valence-electron chi connectivity index (χ2n) is 6.40. The molecule has 8 heteroatoms. The zero-order valence-electron chi connectivity index (χ0n) is 15.7. The van der Waals surface area contributed by atoms with Gasteiger partial charge < -0.3 is 14.6 Å². The lowest BCUT2D eigenvalue weighted by molar-refractivity contribution is -0.113. The van der Waals surface area contributed by atoms with Gasteiger partial charge in [0, 0.05) is 11.3 Å². The summed E-state index contributed by atoms with van der Waals surface area (Å²) < 4.78 is 10.0. The van der Waals surface area contributed by atoms with Crippen LogP contribution in [0.5, 0.6) is 0 Å². The maximum atomic E-state index is 12.3. The van der Waals surface area contributed by atoms with Crippen LogP contribution in [0.15, 0.2) is 9.90 Å². The van der Waals surface area contributed by atoms with Crippen LogP contribution in [-0.2, 0) is 21.7 Å². The lowest BCUT2D eigenvalue weighted by Crippen LogP contribution is -2.16. The molecule has 0 radical (unpaired) electrons. The third kappa shape index (κ3) is 5.11. The van der Waals surface area contributed by atoms with Crippen molar-refractivity contribution in [2.45, 2.75) is 39.9 Å². The lowest BCUT2D eigenvalue weighted by atomic mass is 10.0. The molecule has 2 aromatic rings. The summed E-state index contributed by atoms with van der Waals surface area (Å²) in [4.78, 5) is 24.4. The average Bonchev–Trinajstić information content (AvgIpc) is 3.11. The monoisotopic (exact) mass is 396 g/mol. The van der Waals surface area contributed by atoms with Crippen LogP contribution >= 0.6 is 23.1 Å². The zero-order chi connectivity index (χ0) is 19.3. The van der Waals surface area contributed by atoms with Crippen LogP contribution in [0.2, 0.25) is 0 Å². The second kappa shape index (κ2) is 9.23. The first-order valence-corrected chi connectivity index (χ1v) is 10.3. The van der Waals surface area contributed by atoms with Crippen molar-refractivity contribution in [1.29, 1.82) is 0 Å². The number of thioether (sulfide) groups is 1. The number of nitrogens with one attached hydrogen (secondary N) is 1. The maximum absolute atomic E-state index is 12.3. The third-order valence-electron chi connectivity index (χ3n) is 3.80. The highest BCUT2D eigenvalue weighted by atomic mass is 32.2. The van der Waals surface area contributed by atoms with Gasteiger partial charge >= 0.3 is 5.97 Å². The summed E-state index contributed by atoms with van der Waals surface area (Å²) in [5.41, 5.74) is 3.25. The molecule has 0 saturated heterocycles. The van der Waals surface area contributed by atoms with Crippen molar-refractivity contribution in [1.82, 2.24) is 5.16 Å². The summed E-state index contributed by atoms with van der Waals surface area (Å²) >= 11 is 2.84. The van der Waals surface area contributed by atoms with Gasteiger partial charge in [0.25, 0.3) is 0 Å². The van der Waals surface area contributed by atoms with Crippen molar-refractivity contribution < 1.29 is 18.8 Å². The van der Waals surface area contributed by atoms with Gasteiger partial charge in [-0.15, -0.1) is 23.1 Å². The van der Waals surface area contributed by atoms with Crippen LogP contribution in [0.4, 0.5) is 5.00 Å². The van der Waals surface area contributed by atoms with E-state index < -0.39 is 5.97 Å². The molecule has 2 heterocycles. The second-order valence-corrected chi connectivity index (χ2v) is 8.26. The Labute approximate surface area is 161 Å². The van der Waals surface area contributed by atoms with E-state index >= 15 is 0 Å². The lowest BCUT2D eigenvalue weighted by Gasteiger charge is -2.09. The molecule has 142 valence electrons. The number of carbonyl (C=O) groups is 2. The molecule has 0 unspecified atom stereocenters. The Bertz CT molecular complexity index is 761. The van der Waals surface area contributed by atoms with E-state index in [2.05, 4.69) is 24.3 Å². The summed E-state index contributed by atoms with van der Waals surface area (Å²) in [6, 6.07) is 0. The summed E-state index contributed by atoms with van der Waals surface area (Å²) in [7, 11) is 1.35. The van der Waals surface area contributed by atoms with E-state index in [1.54, 1.807) is 0 Å². The van der Waals surface area contributed by atoms with Crippen LogP contribution in [-0.4, -0.2) is 29.9 Å². The number of esters is 1. The number of hydrogen-bond acceptors (Lipinski definition) is 7. The quantitative estimate of drug-likeness (QED) is 0.673. The predicted molar refractivity (Wildman–Crippen MR) is 105 cm³/mol. The predicted octanol–water partition coefficient (Wildman–Crippen LogP) is 4.21. The van der Waals surface area contributed by atoms with Crippen molar-refractivity contribution in [2.75, 3.05) is 18.2 Å². The molecule has 0 bridgehead atoms. The first-order valence-electron chi connectivity index (χ1n) is 8.31. The minimum Gasteiger partial charge on any atom is -0.465 e. The molecule has 2 aromatic heterocycles. The van der Waals surface area contributed by atoms with Gasteiger partial charge in [-0.1, -0.05) is 19.0 Å². The molecular weight excluding hydrogens is 372 g/mol. The van der Waals surface area contributed by atoms with Gasteiger partial charge in [-0.2, -0.15) is 0 Å². The summed E-state index contributed by atoms with van der Waals surface area (Å²) in [5, 5.41) is 9.22. The van der Waals surface area contributed by atoms with Crippen LogP contribution < -0.4 is 5.32 Å². The topological polar surface area (TPSA) is 81.4 Å². The fraction of sp³-hybridized carbons (Fsp3) is 0.500. The normalized spacial score (nSPS) is 11.0. The molecule has 0 aliphatic rings. The van der Waals surface area contributed by atoms with Gasteiger partial charge in [-0.3, -0.25) is 4.79 Å². The zero-order valence-corrected chi connectivity index (χ0v) is 17.3. The van der Waals surface area contributed by atoms with Crippen molar-refractivity contribution in [3.05, 3.63) is 33.5 Å². The minimum atomic E-state index is -0.416. The first kappa shape index (κ1) is 20.5. The van der Waals surface area contributed by atoms with Crippen LogP contribution in [0, 0.1) is 19.8 Å². The van der Waals surface area contributed by atoms with Gasteiger partial charge in [0.2, 0.25) is 5.91 Å². The van der Waals surface area contributed by atoms with E-state index in [0.717, 1.165) is 29.0 Å². The molecule has 0 fully saturated rings. The maximum Gasteiger partial charge on any atom is 0.341 e. The molecule has 2 rings (SSSR count). The van der Waals surface area contributed by atoms with E-state index in [0.29, 0.717) is 22.2 Å². The van der Waals surface area contributed by atoms with Gasteiger partial charge in [0.1, 0.15) is 10.8 Å². The van der Waals surface area contributed by atoms with Crippen LogP contribution in [0.25, 0.3) is 0 Å². The molecule has 0 spiro atoms. The van der Waals surface area contributed by atoms with Gasteiger partial charge in [0.05, 0.1) is 24.1 Å². The number of aryl methyl sites for hydroxylation is 2. The molecule has 6 nitrogen and oxygen atoms in total. The van der Waals surface area contributed by atoms with Crippen LogP contribution in [0.3, 0.4) is 0 Å². The minimum absolute atomic E-state index is 0.148. The molecule has 26 heavy (non-hydrogen) atoms. The number of rotatable bonds is 8. The molecule has 0 aliphatic carbocycles. The Kier molecular flexibility index (Phi) is 7.28. The van der Waals surface area contributed by atoms with E-state index in [4.69, 9.17) is 9.26 Å². The highest BCUT2D eigenvalue weighted by Crippen LogP contribution is 2.31. The van der Waals surface area contributed by atoms with Crippen molar-refractivity contribution in [3.63, 3.8) is 0 Å². The number of ether oxygens (including phenoxy) is 1. The fourth-order valence-corrected chi connectivity index (χ4v) is 4.47. The number of methoxy groups -OCH3 is 1. The highest BCUT2D eigenvalue weighted by Gasteiger charge is 2.21. The Balaban J connectivity index is 2.00. The highest BCUT2D eigenvalue weighted by molar-refractivity contribution is 7.99. The van der Waals surface area contributed by atoms with Gasteiger partial charge in [-0.05, 0) is 37.1 Å². The molecule has 0 atom stereocenters. The standard InChI is InChI=1S/C18H24N2O4S2/c1-10(2)6-13-7-26-17(16(13)18(22)23-5)19-15(21)9-25-8-14-11(3)20-24-12(14)4/h7,10H,6,8-9H2,1-5H3,(H,19,21). The van der Waals surface area contributed by atoms with E-state index in [9.17, 15) is 9.59 Å². The average molecular weight is 397 g/mol. The van der Waals surface area contributed by atoms with E-state index in [1.165, 1.54) is 30.2 Å². The van der Waals surface area contributed by atoms with Crippen LogP contribution in [0.1, 0.15) is 46.8 Å². The van der Waals surface area contributed by atoms with Gasteiger partial charge in [0.15, 0.2) is 0 Å². The SMILES string of the molecule is COC(=O)c1c(CC(C)C)csc1NC(=O)CSCc1c(C)noc1C. The van der Waals surface area contributed by atoms with Crippen molar-refractivity contribution >= 4 is 40.0 Å². The van der Waals surface area contributed by atoms with E-state index in [-0.39, 0.29) is 11.7 Å². The number of amides is 1. The van der Waals surface area contributed by atoms with Crippen molar-refractivity contribution in [2.24, 2.45) is 5.92 Å². The van der Waals surface area contributed by atoms with Gasteiger partial charge in [-0.25, -0.2) is 4.79 Å². The third-order valence-corrected chi connectivity index (χ3v) is 5.70. The Hall–Kier alpha value is -1.80. The summed E-state index contributed by atoms with van der Waals surface area (Å²) in [6.07, 6.45) is 0.762. The number of carbonyl (C=O) groups excluding carboxylic acids is 2. The summed E-state index contributed by atoms with van der Waals surface area (Å²) in [6.45, 7) is 7.92. The number of nitrogens with zero attached hydrogens (tertiary/aromatic N) is 1. The molecule has 0 saturated carbocycles. The molecule has 1 N–H and O–H groups in total. The Morgan fingerprint density at radius 3 is 2.69 bits per heavy atom. The summed E-state index contributed by atoms with van der Waals surface area (Å²) in [5.74, 6) is 1.55. The Morgan fingerprint density at radius 2 is 2.12 bits per heavy atom. The molecule has 1 amide bonds. The molecule has 0 aliphatic heterocycles. The molecule has 0 aromatic carbocycles. The first-order chi connectivity index (χ1) is 12.3. The number of thiophene rings is 1. The smallest absolute Gasteiger partial charge is 0.341 e. The largest absolute Gasteiger partial charge is 0.465 e. The number of anilines is 1. The molecular formula is C18H24N2O4S2. The number of aromatic nitrogens is 1. The fourth-order valence-electron chi connectivity index (χ4n) is 2.52. The Morgan fingerprint density at radius 1 is 1.38 bits per heavy atom. The number of hydrogen-bond donors (Lipinski definition) is 1. The van der Waals surface area contributed by atoms with E-state index in [1.807, 2.05) is 19.2 Å². The van der Waals surface area contributed by atoms with Crippen molar-refractivity contribution in [3.8, 4) is 0 Å².